The molecule has 3 aromatic rings. The molecule has 1 saturated carbocycles. The Kier molecular flexibility index (Phi) is 2.78. The van der Waals surface area contributed by atoms with Crippen LogP contribution in [0.25, 0.3) is 16.2 Å². The number of anilines is 1. The van der Waals surface area contributed by atoms with Crippen LogP contribution in [0.3, 0.4) is 0 Å². The molecule has 4 rings (SSSR count). The second-order valence-corrected chi connectivity index (χ2v) is 6.28. The number of aromatic nitrogens is 3. The standard InChI is InChI=1S/C15H14N4OS/c1-9-7-12(21-8-9)11-3-2-4-13-16-15(18-19(11)13)17-14(20)10-5-6-10/h2-4,7-8,10H,5-6H2,1H3,(H,17,18,20). The van der Waals surface area contributed by atoms with Gasteiger partial charge in [-0.2, -0.15) is 4.98 Å². The van der Waals surface area contributed by atoms with Gasteiger partial charge in [-0.05, 0) is 48.9 Å². The minimum atomic E-state index is 0.0272. The summed E-state index contributed by atoms with van der Waals surface area (Å²) in [6.07, 6.45) is 1.94. The molecule has 21 heavy (non-hydrogen) atoms. The first-order chi connectivity index (χ1) is 10.2. The fourth-order valence-corrected chi connectivity index (χ4v) is 3.18. The monoisotopic (exact) mass is 298 g/mol. The second-order valence-electron chi connectivity index (χ2n) is 5.37. The summed E-state index contributed by atoms with van der Waals surface area (Å²) >= 11 is 1.68. The average molecular weight is 298 g/mol. The molecule has 1 N–H and O–H groups in total. The summed E-state index contributed by atoms with van der Waals surface area (Å²) in [5, 5.41) is 9.34. The summed E-state index contributed by atoms with van der Waals surface area (Å²) in [5.41, 5.74) is 2.96. The highest BCUT2D eigenvalue weighted by Crippen LogP contribution is 2.30. The van der Waals surface area contributed by atoms with Crippen molar-refractivity contribution in [2.45, 2.75) is 19.8 Å². The third-order valence-corrected chi connectivity index (χ3v) is 4.60. The topological polar surface area (TPSA) is 59.3 Å². The van der Waals surface area contributed by atoms with Crippen molar-refractivity contribution in [3.63, 3.8) is 0 Å². The lowest BCUT2D eigenvalue weighted by atomic mass is 10.2. The van der Waals surface area contributed by atoms with Gasteiger partial charge in [0.15, 0.2) is 5.65 Å². The predicted molar refractivity (Wildman–Crippen MR) is 82.4 cm³/mol. The number of hydrogen-bond acceptors (Lipinski definition) is 4. The van der Waals surface area contributed by atoms with Gasteiger partial charge < -0.3 is 0 Å². The van der Waals surface area contributed by atoms with Crippen molar-refractivity contribution in [1.29, 1.82) is 0 Å². The number of fused-ring (bicyclic) bond motifs is 1. The zero-order valence-corrected chi connectivity index (χ0v) is 12.4. The molecule has 0 bridgehead atoms. The highest BCUT2D eigenvalue weighted by molar-refractivity contribution is 7.13. The molecule has 0 spiro atoms. The molecule has 1 aliphatic carbocycles. The number of amides is 1. The van der Waals surface area contributed by atoms with Gasteiger partial charge in [0.2, 0.25) is 11.9 Å². The van der Waals surface area contributed by atoms with E-state index in [0.29, 0.717) is 5.95 Å². The van der Waals surface area contributed by atoms with Gasteiger partial charge in [-0.1, -0.05) is 6.07 Å². The Balaban J connectivity index is 1.74. The van der Waals surface area contributed by atoms with Crippen LogP contribution in [0.1, 0.15) is 18.4 Å². The first kappa shape index (κ1) is 12.5. The summed E-state index contributed by atoms with van der Waals surface area (Å²) in [7, 11) is 0. The molecule has 0 atom stereocenters. The molecule has 6 heteroatoms. The zero-order valence-electron chi connectivity index (χ0n) is 11.5. The van der Waals surface area contributed by atoms with E-state index in [-0.39, 0.29) is 11.8 Å². The van der Waals surface area contributed by atoms with E-state index in [0.717, 1.165) is 29.1 Å². The van der Waals surface area contributed by atoms with E-state index in [4.69, 9.17) is 0 Å². The Labute approximate surface area is 125 Å². The van der Waals surface area contributed by atoms with E-state index < -0.39 is 0 Å². The maximum atomic E-state index is 11.8. The molecule has 5 nitrogen and oxygen atoms in total. The molecule has 0 radical (unpaired) electrons. The van der Waals surface area contributed by atoms with Crippen molar-refractivity contribution in [3.05, 3.63) is 35.2 Å². The molecule has 106 valence electrons. The third kappa shape index (κ3) is 2.31. The Hall–Kier alpha value is -2.21. The Morgan fingerprint density at radius 3 is 3.00 bits per heavy atom. The van der Waals surface area contributed by atoms with Crippen LogP contribution >= 0.6 is 11.3 Å². The van der Waals surface area contributed by atoms with Gasteiger partial charge in [-0.15, -0.1) is 16.4 Å². The van der Waals surface area contributed by atoms with Crippen LogP contribution in [0.4, 0.5) is 5.95 Å². The molecular formula is C15H14N4OS. The largest absolute Gasteiger partial charge is 0.293 e. The number of hydrogen-bond donors (Lipinski definition) is 1. The van der Waals surface area contributed by atoms with E-state index in [1.807, 2.05) is 18.2 Å². The molecule has 1 aliphatic rings. The summed E-state index contributed by atoms with van der Waals surface area (Å²) in [4.78, 5) is 17.3. The fraction of sp³-hybridized carbons (Fsp3) is 0.267. The van der Waals surface area contributed by atoms with Gasteiger partial charge in [-0.3, -0.25) is 10.1 Å². The smallest absolute Gasteiger partial charge is 0.249 e. The van der Waals surface area contributed by atoms with E-state index in [1.54, 1.807) is 15.9 Å². The predicted octanol–water partition coefficient (Wildman–Crippen LogP) is 3.11. The van der Waals surface area contributed by atoms with Crippen LogP contribution in [0.5, 0.6) is 0 Å². The number of aryl methyl sites for hydroxylation is 1. The van der Waals surface area contributed by atoms with Crippen LogP contribution in [-0.2, 0) is 4.79 Å². The molecule has 0 saturated heterocycles. The first-order valence-electron chi connectivity index (χ1n) is 6.93. The number of carbonyl (C=O) groups is 1. The van der Waals surface area contributed by atoms with Gasteiger partial charge in [0.25, 0.3) is 0 Å². The van der Waals surface area contributed by atoms with E-state index in [9.17, 15) is 4.79 Å². The number of pyridine rings is 1. The van der Waals surface area contributed by atoms with E-state index in [1.165, 1.54) is 5.56 Å². The summed E-state index contributed by atoms with van der Waals surface area (Å²) in [6.45, 7) is 2.07. The van der Waals surface area contributed by atoms with Crippen LogP contribution in [0, 0.1) is 12.8 Å². The van der Waals surface area contributed by atoms with Gasteiger partial charge in [-0.25, -0.2) is 4.52 Å². The highest BCUT2D eigenvalue weighted by Gasteiger charge is 2.30. The van der Waals surface area contributed by atoms with Gasteiger partial charge >= 0.3 is 0 Å². The quantitative estimate of drug-likeness (QED) is 0.808. The normalized spacial score (nSPS) is 14.5. The highest BCUT2D eigenvalue weighted by atomic mass is 32.1. The van der Waals surface area contributed by atoms with Crippen molar-refractivity contribution >= 4 is 28.8 Å². The van der Waals surface area contributed by atoms with Gasteiger partial charge in [0.05, 0.1) is 10.6 Å². The number of carbonyl (C=O) groups excluding carboxylic acids is 1. The number of thiophene rings is 1. The fourth-order valence-electron chi connectivity index (χ4n) is 2.27. The zero-order chi connectivity index (χ0) is 14.4. The average Bonchev–Trinajstić information content (AvgIpc) is 3.11. The lowest BCUT2D eigenvalue weighted by Gasteiger charge is -2.00. The SMILES string of the molecule is Cc1csc(-c2cccc3nc(NC(=O)C4CC4)nn23)c1. The van der Waals surface area contributed by atoms with Gasteiger partial charge in [0, 0.05) is 5.92 Å². The maximum absolute atomic E-state index is 11.8. The molecule has 3 aromatic heterocycles. The van der Waals surface area contributed by atoms with Crippen molar-refractivity contribution in [2.24, 2.45) is 5.92 Å². The lowest BCUT2D eigenvalue weighted by molar-refractivity contribution is -0.117. The lowest BCUT2D eigenvalue weighted by Crippen LogP contribution is -2.14. The number of rotatable bonds is 3. The van der Waals surface area contributed by atoms with E-state index in [2.05, 4.69) is 33.8 Å². The molecule has 1 amide bonds. The number of nitrogens with one attached hydrogen (secondary N) is 1. The number of nitrogens with zero attached hydrogens (tertiary/aromatic N) is 3. The molecule has 0 aromatic carbocycles. The van der Waals surface area contributed by atoms with Crippen molar-refractivity contribution < 1.29 is 4.79 Å². The summed E-state index contributed by atoms with van der Waals surface area (Å²) < 4.78 is 1.79. The van der Waals surface area contributed by atoms with Crippen molar-refractivity contribution in [3.8, 4) is 10.6 Å². The molecule has 0 unspecified atom stereocenters. The van der Waals surface area contributed by atoms with Crippen LogP contribution in [0.15, 0.2) is 29.6 Å². The maximum Gasteiger partial charge on any atom is 0.249 e. The third-order valence-electron chi connectivity index (χ3n) is 3.53. The van der Waals surface area contributed by atoms with Gasteiger partial charge in [0.1, 0.15) is 0 Å². The van der Waals surface area contributed by atoms with Crippen molar-refractivity contribution in [1.82, 2.24) is 14.6 Å². The Bertz CT molecular complexity index is 831. The van der Waals surface area contributed by atoms with E-state index >= 15 is 0 Å². The minimum absolute atomic E-state index is 0.0272. The first-order valence-corrected chi connectivity index (χ1v) is 7.81. The van der Waals surface area contributed by atoms with Crippen molar-refractivity contribution in [2.75, 3.05) is 5.32 Å². The molecule has 1 fully saturated rings. The van der Waals surface area contributed by atoms with Crippen LogP contribution in [0.2, 0.25) is 0 Å². The van der Waals surface area contributed by atoms with Crippen LogP contribution in [-0.4, -0.2) is 20.5 Å². The van der Waals surface area contributed by atoms with Crippen LogP contribution < -0.4 is 5.32 Å². The minimum Gasteiger partial charge on any atom is -0.293 e. The second kappa shape index (κ2) is 4.66. The molecule has 0 aliphatic heterocycles. The summed E-state index contributed by atoms with van der Waals surface area (Å²) in [6, 6.07) is 7.99. The summed E-state index contributed by atoms with van der Waals surface area (Å²) in [5.74, 6) is 0.558. The molecule has 3 heterocycles. The molecular weight excluding hydrogens is 284 g/mol. The Morgan fingerprint density at radius 2 is 2.29 bits per heavy atom. The Morgan fingerprint density at radius 1 is 1.43 bits per heavy atom.